The molecule has 2 aromatic rings. The highest BCUT2D eigenvalue weighted by molar-refractivity contribution is 5.83. The molecule has 1 aliphatic carbocycles. The third-order valence-electron chi connectivity index (χ3n) is 5.29. The van der Waals surface area contributed by atoms with Crippen LogP contribution in [0.1, 0.15) is 30.4 Å². The SMILES string of the molecule is CC(CNC(=O)OCC1c2ccccc2-c2ccccc21)CC(=O)N[C@@H](CO)C(=O)O. The number of carbonyl (C=O) groups is 3. The van der Waals surface area contributed by atoms with Crippen LogP contribution in [0.3, 0.4) is 0 Å². The van der Waals surface area contributed by atoms with E-state index in [1.54, 1.807) is 6.92 Å². The summed E-state index contributed by atoms with van der Waals surface area (Å²) < 4.78 is 5.45. The molecule has 0 saturated carbocycles. The van der Waals surface area contributed by atoms with Crippen LogP contribution in [0.4, 0.5) is 4.79 Å². The zero-order valence-corrected chi connectivity index (χ0v) is 17.2. The van der Waals surface area contributed by atoms with Crippen molar-refractivity contribution < 1.29 is 29.3 Å². The van der Waals surface area contributed by atoms with Crippen LogP contribution in [0.25, 0.3) is 11.1 Å². The number of carboxylic acid groups (broad SMARTS) is 1. The zero-order valence-electron chi connectivity index (χ0n) is 17.2. The quantitative estimate of drug-likeness (QED) is 0.487. The van der Waals surface area contributed by atoms with Gasteiger partial charge in [0, 0.05) is 18.9 Å². The second-order valence-corrected chi connectivity index (χ2v) is 7.66. The van der Waals surface area contributed by atoms with Crippen LogP contribution < -0.4 is 10.6 Å². The summed E-state index contributed by atoms with van der Waals surface area (Å²) in [6.45, 7) is 1.46. The number of rotatable bonds is 9. The van der Waals surface area contributed by atoms with Gasteiger partial charge < -0.3 is 25.6 Å². The van der Waals surface area contributed by atoms with Gasteiger partial charge in [-0.15, -0.1) is 0 Å². The fourth-order valence-corrected chi connectivity index (χ4v) is 3.73. The molecule has 0 radical (unpaired) electrons. The van der Waals surface area contributed by atoms with Crippen molar-refractivity contribution in [3.8, 4) is 11.1 Å². The molecular weight excluding hydrogens is 400 g/mol. The Balaban J connectivity index is 1.48. The van der Waals surface area contributed by atoms with Crippen molar-refractivity contribution in [2.24, 2.45) is 5.92 Å². The number of hydrogen-bond donors (Lipinski definition) is 4. The van der Waals surface area contributed by atoms with Crippen molar-refractivity contribution in [1.82, 2.24) is 10.6 Å². The topological polar surface area (TPSA) is 125 Å². The van der Waals surface area contributed by atoms with Crippen molar-refractivity contribution in [1.29, 1.82) is 0 Å². The number of amides is 2. The smallest absolute Gasteiger partial charge is 0.407 e. The minimum atomic E-state index is -1.34. The van der Waals surface area contributed by atoms with Crippen molar-refractivity contribution in [2.45, 2.75) is 25.3 Å². The minimum Gasteiger partial charge on any atom is -0.480 e. The van der Waals surface area contributed by atoms with E-state index < -0.39 is 30.6 Å². The van der Waals surface area contributed by atoms with Gasteiger partial charge in [0.25, 0.3) is 0 Å². The first-order valence-electron chi connectivity index (χ1n) is 10.1. The lowest BCUT2D eigenvalue weighted by molar-refractivity contribution is -0.143. The van der Waals surface area contributed by atoms with Gasteiger partial charge in [-0.05, 0) is 28.2 Å². The average Bonchev–Trinajstić information content (AvgIpc) is 3.08. The van der Waals surface area contributed by atoms with Gasteiger partial charge in [0.15, 0.2) is 0 Å². The highest BCUT2D eigenvalue weighted by atomic mass is 16.5. The maximum absolute atomic E-state index is 12.2. The fourth-order valence-electron chi connectivity index (χ4n) is 3.73. The van der Waals surface area contributed by atoms with Crippen molar-refractivity contribution in [3.05, 3.63) is 59.7 Å². The van der Waals surface area contributed by atoms with Gasteiger partial charge in [-0.1, -0.05) is 55.5 Å². The first-order valence-corrected chi connectivity index (χ1v) is 10.1. The molecule has 0 aromatic heterocycles. The first kappa shape index (κ1) is 22.3. The van der Waals surface area contributed by atoms with Crippen LogP contribution in [0.5, 0.6) is 0 Å². The van der Waals surface area contributed by atoms with Gasteiger partial charge in [0.2, 0.25) is 5.91 Å². The molecule has 0 heterocycles. The van der Waals surface area contributed by atoms with Crippen molar-refractivity contribution >= 4 is 18.0 Å². The van der Waals surface area contributed by atoms with Crippen LogP contribution >= 0.6 is 0 Å². The molecule has 1 unspecified atom stereocenters. The molecule has 2 atom stereocenters. The van der Waals surface area contributed by atoms with E-state index >= 15 is 0 Å². The van der Waals surface area contributed by atoms with Crippen LogP contribution in [0.2, 0.25) is 0 Å². The highest BCUT2D eigenvalue weighted by Gasteiger charge is 2.29. The summed E-state index contributed by atoms with van der Waals surface area (Å²) in [7, 11) is 0. The van der Waals surface area contributed by atoms with E-state index in [1.807, 2.05) is 36.4 Å². The van der Waals surface area contributed by atoms with Gasteiger partial charge in [0.1, 0.15) is 12.6 Å². The summed E-state index contributed by atoms with van der Waals surface area (Å²) in [6.07, 6.45) is -0.569. The molecule has 0 aliphatic heterocycles. The number of aliphatic hydroxyl groups is 1. The summed E-state index contributed by atoms with van der Waals surface area (Å²) in [5, 5.41) is 22.7. The molecule has 8 heteroatoms. The van der Waals surface area contributed by atoms with E-state index in [4.69, 9.17) is 14.9 Å². The number of aliphatic carboxylic acids is 1. The Hall–Kier alpha value is -3.39. The Morgan fingerprint density at radius 3 is 2.16 bits per heavy atom. The number of fused-ring (bicyclic) bond motifs is 3. The Morgan fingerprint density at radius 1 is 1.03 bits per heavy atom. The molecule has 8 nitrogen and oxygen atoms in total. The molecular formula is C23H26N2O6. The van der Waals surface area contributed by atoms with Crippen LogP contribution in [-0.4, -0.2) is 54.0 Å². The van der Waals surface area contributed by atoms with Gasteiger partial charge in [-0.25, -0.2) is 9.59 Å². The van der Waals surface area contributed by atoms with Crippen molar-refractivity contribution in [3.63, 3.8) is 0 Å². The van der Waals surface area contributed by atoms with E-state index in [0.29, 0.717) is 0 Å². The normalized spacial score (nSPS) is 14.1. The maximum atomic E-state index is 12.2. The number of hydrogen-bond acceptors (Lipinski definition) is 5. The number of alkyl carbamates (subject to hydrolysis) is 1. The Labute approximate surface area is 180 Å². The molecule has 0 bridgehead atoms. The van der Waals surface area contributed by atoms with Crippen LogP contribution in [0, 0.1) is 5.92 Å². The van der Waals surface area contributed by atoms with Gasteiger partial charge in [0.05, 0.1) is 6.61 Å². The molecule has 3 rings (SSSR count). The predicted octanol–water partition coefficient (Wildman–Crippen LogP) is 2.11. The van der Waals surface area contributed by atoms with Crippen LogP contribution in [0.15, 0.2) is 48.5 Å². The van der Waals surface area contributed by atoms with Crippen molar-refractivity contribution in [2.75, 3.05) is 19.8 Å². The lowest BCUT2D eigenvalue weighted by Crippen LogP contribution is -2.44. The van der Waals surface area contributed by atoms with E-state index in [0.717, 1.165) is 22.3 Å². The third kappa shape index (κ3) is 5.40. The molecule has 2 amide bonds. The maximum Gasteiger partial charge on any atom is 0.407 e. The second kappa shape index (κ2) is 10.1. The molecule has 4 N–H and O–H groups in total. The highest BCUT2D eigenvalue weighted by Crippen LogP contribution is 2.44. The number of benzene rings is 2. The summed E-state index contributed by atoms with van der Waals surface area (Å²) >= 11 is 0. The van der Waals surface area contributed by atoms with E-state index in [1.165, 1.54) is 0 Å². The number of carbonyl (C=O) groups excluding carboxylic acids is 2. The third-order valence-corrected chi connectivity index (χ3v) is 5.29. The summed E-state index contributed by atoms with van der Waals surface area (Å²) in [5.74, 6) is -2.09. The lowest BCUT2D eigenvalue weighted by Gasteiger charge is -2.17. The minimum absolute atomic E-state index is 0.00738. The van der Waals surface area contributed by atoms with Gasteiger partial charge >= 0.3 is 12.1 Å². The predicted molar refractivity (Wildman–Crippen MR) is 114 cm³/mol. The van der Waals surface area contributed by atoms with E-state index in [2.05, 4.69) is 22.8 Å². The fraction of sp³-hybridized carbons (Fsp3) is 0.348. The summed E-state index contributed by atoms with van der Waals surface area (Å²) in [6, 6.07) is 14.8. The van der Waals surface area contributed by atoms with Gasteiger partial charge in [-0.2, -0.15) is 0 Å². The average molecular weight is 426 g/mol. The largest absolute Gasteiger partial charge is 0.480 e. The Kier molecular flexibility index (Phi) is 7.25. The molecule has 1 aliphatic rings. The molecule has 164 valence electrons. The first-order chi connectivity index (χ1) is 14.9. The van der Waals surface area contributed by atoms with Crippen LogP contribution in [-0.2, 0) is 14.3 Å². The lowest BCUT2D eigenvalue weighted by atomic mass is 9.98. The van der Waals surface area contributed by atoms with E-state index in [9.17, 15) is 14.4 Å². The molecule has 0 spiro atoms. The van der Waals surface area contributed by atoms with E-state index in [-0.39, 0.29) is 31.4 Å². The number of ether oxygens (including phenoxy) is 1. The standard InChI is InChI=1S/C23H26N2O6/c1-14(10-21(27)25-20(12-26)22(28)29)11-24-23(30)31-13-19-17-8-4-2-6-15(17)16-7-3-5-9-18(16)19/h2-9,14,19-20,26H,10-13H2,1H3,(H,24,30)(H,25,27)(H,28,29)/t14?,20-/m0/s1. The number of aliphatic hydroxyl groups excluding tert-OH is 1. The number of carboxylic acids is 1. The second-order valence-electron chi connectivity index (χ2n) is 7.66. The summed E-state index contributed by atoms with van der Waals surface area (Å²) in [4.78, 5) is 34.9. The Bertz CT molecular complexity index is 915. The Morgan fingerprint density at radius 2 is 1.61 bits per heavy atom. The number of nitrogens with one attached hydrogen (secondary N) is 2. The zero-order chi connectivity index (χ0) is 22.4. The monoisotopic (exact) mass is 426 g/mol. The molecule has 31 heavy (non-hydrogen) atoms. The molecule has 0 saturated heterocycles. The van der Waals surface area contributed by atoms with Gasteiger partial charge in [-0.3, -0.25) is 4.79 Å². The molecule has 2 aromatic carbocycles. The molecule has 0 fully saturated rings. The summed E-state index contributed by atoms with van der Waals surface area (Å²) in [5.41, 5.74) is 4.54.